The third kappa shape index (κ3) is 1.06. The summed E-state index contributed by atoms with van der Waals surface area (Å²) in [6.45, 7) is 1.89. The van der Waals surface area contributed by atoms with E-state index in [1.807, 2.05) is 0 Å². The highest BCUT2D eigenvalue weighted by atomic mass is 16.7. The van der Waals surface area contributed by atoms with Crippen LogP contribution in [-0.2, 0) is 19.1 Å². The lowest BCUT2D eigenvalue weighted by Gasteiger charge is -2.09. The molecule has 2 rings (SSSR count). The molecule has 0 unspecified atom stereocenters. The molecule has 0 aromatic heterocycles. The van der Waals surface area contributed by atoms with Crippen molar-refractivity contribution < 1.29 is 19.1 Å². The Hall–Kier alpha value is -1.58. The number of fused-ring (bicyclic) bond motifs is 1. The van der Waals surface area contributed by atoms with Crippen LogP contribution in [0.3, 0.4) is 0 Å². The van der Waals surface area contributed by atoms with Crippen molar-refractivity contribution in [2.45, 2.75) is 13.3 Å². The lowest BCUT2D eigenvalue weighted by Crippen LogP contribution is -2.20. The molecule has 0 N–H and O–H groups in total. The second kappa shape index (κ2) is 2.73. The summed E-state index contributed by atoms with van der Waals surface area (Å²) in [6.07, 6.45) is 1.67. The molecule has 0 aromatic carbocycles. The Morgan fingerprint density at radius 1 is 1.38 bits per heavy atom. The molecule has 2 aliphatic rings. The largest absolute Gasteiger partial charge is 0.453 e. The summed E-state index contributed by atoms with van der Waals surface area (Å²) < 4.78 is 10.1. The quantitative estimate of drug-likeness (QED) is 0.440. The molecule has 0 atom stereocenters. The van der Waals surface area contributed by atoms with E-state index in [-0.39, 0.29) is 6.79 Å². The smallest absolute Gasteiger partial charge is 0.232 e. The highest BCUT2D eigenvalue weighted by Gasteiger charge is 2.32. The van der Waals surface area contributed by atoms with Crippen molar-refractivity contribution in [1.29, 1.82) is 0 Å². The Bertz CT molecular complexity index is 349. The van der Waals surface area contributed by atoms with Crippen LogP contribution in [0.25, 0.3) is 0 Å². The number of carbonyl (C=O) groups is 2. The first kappa shape index (κ1) is 8.04. The van der Waals surface area contributed by atoms with Gasteiger partial charge >= 0.3 is 0 Å². The molecule has 1 saturated heterocycles. The molecule has 13 heavy (non-hydrogen) atoms. The Morgan fingerprint density at radius 2 is 2.15 bits per heavy atom. The zero-order valence-electron chi connectivity index (χ0n) is 7.12. The van der Waals surface area contributed by atoms with Crippen molar-refractivity contribution in [1.82, 2.24) is 0 Å². The molecule has 4 nitrogen and oxygen atoms in total. The normalized spacial score (nSPS) is 20.8. The molecule has 68 valence electrons. The fraction of sp³-hybridized carbons (Fsp3) is 0.333. The number of allylic oxidation sites excluding steroid dienone is 2. The summed E-state index contributed by atoms with van der Waals surface area (Å²) in [5, 5.41) is 0. The van der Waals surface area contributed by atoms with E-state index in [4.69, 9.17) is 9.47 Å². The van der Waals surface area contributed by atoms with Gasteiger partial charge in [-0.25, -0.2) is 0 Å². The van der Waals surface area contributed by atoms with E-state index in [1.165, 1.54) is 6.08 Å². The Balaban J connectivity index is 2.52. The average molecular weight is 180 g/mol. The van der Waals surface area contributed by atoms with Crippen molar-refractivity contribution in [2.24, 2.45) is 0 Å². The summed E-state index contributed by atoms with van der Waals surface area (Å²) in [4.78, 5) is 22.4. The second-order valence-corrected chi connectivity index (χ2v) is 2.77. The number of rotatable bonds is 1. The maximum atomic E-state index is 11.3. The van der Waals surface area contributed by atoms with Crippen LogP contribution >= 0.6 is 0 Å². The van der Waals surface area contributed by atoms with Gasteiger partial charge in [-0.15, -0.1) is 0 Å². The molecule has 4 heteroatoms. The highest BCUT2D eigenvalue weighted by Crippen LogP contribution is 2.29. The minimum atomic E-state index is -0.527. The van der Waals surface area contributed by atoms with Gasteiger partial charge in [0.05, 0.1) is 0 Å². The van der Waals surface area contributed by atoms with Crippen molar-refractivity contribution in [3.8, 4) is 0 Å². The van der Waals surface area contributed by atoms with Gasteiger partial charge in [-0.1, -0.05) is 6.92 Å². The van der Waals surface area contributed by atoms with Gasteiger partial charge in [-0.3, -0.25) is 9.59 Å². The molecule has 1 aliphatic carbocycles. The summed E-state index contributed by atoms with van der Waals surface area (Å²) in [6, 6.07) is 0. The van der Waals surface area contributed by atoms with Gasteiger partial charge in [0.25, 0.3) is 0 Å². The molecule has 0 aromatic rings. The van der Waals surface area contributed by atoms with Crippen LogP contribution < -0.4 is 0 Å². The first-order chi connectivity index (χ1) is 6.24. The molecule has 0 saturated carbocycles. The van der Waals surface area contributed by atoms with Crippen LogP contribution in [0.2, 0.25) is 0 Å². The fourth-order valence-corrected chi connectivity index (χ4v) is 1.39. The van der Waals surface area contributed by atoms with Crippen molar-refractivity contribution >= 4 is 11.6 Å². The minimum absolute atomic E-state index is 0.0885. The van der Waals surface area contributed by atoms with Gasteiger partial charge in [-0.2, -0.15) is 0 Å². The van der Waals surface area contributed by atoms with Crippen LogP contribution in [0.4, 0.5) is 0 Å². The number of ether oxygens (including phenoxy) is 2. The lowest BCUT2D eigenvalue weighted by molar-refractivity contribution is -0.132. The van der Waals surface area contributed by atoms with E-state index in [0.29, 0.717) is 23.5 Å². The highest BCUT2D eigenvalue weighted by molar-refractivity contribution is 6.48. The first-order valence-corrected chi connectivity index (χ1v) is 4.03. The van der Waals surface area contributed by atoms with Crippen LogP contribution in [0.1, 0.15) is 13.3 Å². The third-order valence-electron chi connectivity index (χ3n) is 2.03. The minimum Gasteiger partial charge on any atom is -0.453 e. The maximum Gasteiger partial charge on any atom is 0.232 e. The topological polar surface area (TPSA) is 52.6 Å². The number of carbonyl (C=O) groups excluding carboxylic acids is 2. The molecule has 0 amide bonds. The SMILES string of the molecule is CCC1=C2OCOC2=CC(=O)C1=O. The number of hydrogen-bond donors (Lipinski definition) is 0. The van der Waals surface area contributed by atoms with Gasteiger partial charge < -0.3 is 9.47 Å². The Morgan fingerprint density at radius 3 is 2.85 bits per heavy atom. The van der Waals surface area contributed by atoms with Crippen LogP contribution in [-0.4, -0.2) is 18.4 Å². The predicted molar refractivity (Wildman–Crippen MR) is 42.5 cm³/mol. The molecular weight excluding hydrogens is 172 g/mol. The Labute approximate surface area is 74.8 Å². The summed E-state index contributed by atoms with van der Waals surface area (Å²) >= 11 is 0. The van der Waals surface area contributed by atoms with Crippen molar-refractivity contribution in [3.05, 3.63) is 23.2 Å². The standard InChI is InChI=1S/C9H8O4/c1-2-5-8(11)6(10)3-7-9(5)13-4-12-7/h3H,2,4H2,1H3. The lowest BCUT2D eigenvalue weighted by atomic mass is 9.98. The molecule has 0 radical (unpaired) electrons. The summed E-state index contributed by atoms with van der Waals surface area (Å²) in [5.74, 6) is -0.179. The van der Waals surface area contributed by atoms with Crippen LogP contribution in [0.15, 0.2) is 23.2 Å². The number of ketones is 2. The Kier molecular flexibility index (Phi) is 1.69. The van der Waals surface area contributed by atoms with E-state index in [9.17, 15) is 9.59 Å². The van der Waals surface area contributed by atoms with Crippen molar-refractivity contribution in [2.75, 3.05) is 6.79 Å². The van der Waals surface area contributed by atoms with Gasteiger partial charge in [0.1, 0.15) is 0 Å². The average Bonchev–Trinajstić information content (AvgIpc) is 2.54. The van der Waals surface area contributed by atoms with Gasteiger partial charge in [0.2, 0.25) is 18.4 Å². The van der Waals surface area contributed by atoms with Crippen molar-refractivity contribution in [3.63, 3.8) is 0 Å². The number of hydrogen-bond acceptors (Lipinski definition) is 4. The van der Waals surface area contributed by atoms with E-state index >= 15 is 0 Å². The second-order valence-electron chi connectivity index (χ2n) is 2.77. The van der Waals surface area contributed by atoms with E-state index in [2.05, 4.69) is 0 Å². The summed E-state index contributed by atoms with van der Waals surface area (Å²) in [7, 11) is 0. The van der Waals surface area contributed by atoms with Gasteiger partial charge in [-0.05, 0) is 6.42 Å². The predicted octanol–water partition coefficient (Wildman–Crippen LogP) is 0.691. The van der Waals surface area contributed by atoms with E-state index in [1.54, 1.807) is 6.92 Å². The monoisotopic (exact) mass is 180 g/mol. The molecular formula is C9H8O4. The van der Waals surface area contributed by atoms with Gasteiger partial charge in [0.15, 0.2) is 11.5 Å². The fourth-order valence-electron chi connectivity index (χ4n) is 1.39. The maximum absolute atomic E-state index is 11.3. The van der Waals surface area contributed by atoms with E-state index < -0.39 is 11.6 Å². The third-order valence-corrected chi connectivity index (χ3v) is 2.03. The zero-order chi connectivity index (χ0) is 9.42. The zero-order valence-corrected chi connectivity index (χ0v) is 7.12. The first-order valence-electron chi connectivity index (χ1n) is 4.03. The van der Waals surface area contributed by atoms with E-state index in [0.717, 1.165) is 0 Å². The molecule has 0 bridgehead atoms. The molecule has 1 fully saturated rings. The number of Topliss-reactive ketones (excluding diaryl/α,β-unsaturated/α-hetero) is 1. The van der Waals surface area contributed by atoms with Crippen LogP contribution in [0.5, 0.6) is 0 Å². The summed E-state index contributed by atoms with van der Waals surface area (Å²) in [5.41, 5.74) is 0.417. The molecule has 0 spiro atoms. The molecule has 1 heterocycles. The molecule has 1 aliphatic heterocycles. The van der Waals surface area contributed by atoms with Gasteiger partial charge in [0, 0.05) is 11.6 Å². The van der Waals surface area contributed by atoms with Crippen LogP contribution in [0, 0.1) is 0 Å².